The quantitative estimate of drug-likeness (QED) is 0.750. The Balaban J connectivity index is 2.08. The molecule has 1 heterocycles. The summed E-state index contributed by atoms with van der Waals surface area (Å²) < 4.78 is 5.68. The topological polar surface area (TPSA) is 72.3 Å². The van der Waals surface area contributed by atoms with Gasteiger partial charge in [-0.25, -0.2) is 9.78 Å². The molecule has 1 aromatic heterocycles. The van der Waals surface area contributed by atoms with Crippen molar-refractivity contribution in [1.82, 2.24) is 9.97 Å². The zero-order valence-corrected chi connectivity index (χ0v) is 12.2. The fraction of sp³-hybridized carbons (Fsp3) is 0.438. The molecule has 0 aliphatic carbocycles. The van der Waals surface area contributed by atoms with Gasteiger partial charge in [0.05, 0.1) is 17.5 Å². The van der Waals surface area contributed by atoms with Crippen LogP contribution < -0.4 is 4.74 Å². The molecule has 0 radical (unpaired) electrons. The van der Waals surface area contributed by atoms with Gasteiger partial charge in [-0.2, -0.15) is 4.98 Å². The van der Waals surface area contributed by atoms with E-state index in [1.54, 1.807) is 6.07 Å². The molecule has 1 N–H and O–H groups in total. The molecule has 0 aliphatic rings. The molecule has 0 spiro atoms. The molecule has 21 heavy (non-hydrogen) atoms. The van der Waals surface area contributed by atoms with Gasteiger partial charge < -0.3 is 9.84 Å². The Bertz CT molecular complexity index is 613. The summed E-state index contributed by atoms with van der Waals surface area (Å²) in [5.74, 6) is -1.02. The minimum Gasteiger partial charge on any atom is -0.477 e. The standard InChI is InChI=1S/C16H20N2O3/c1-2-3-4-5-8-11-21-15-12-9-6-7-10-13(12)17-14(18-15)16(19)20/h6-7,9-10H,2-5,8,11H2,1H3,(H,19,20). The van der Waals surface area contributed by atoms with Crippen molar-refractivity contribution in [3.8, 4) is 5.88 Å². The lowest BCUT2D eigenvalue weighted by Gasteiger charge is -2.08. The highest BCUT2D eigenvalue weighted by Gasteiger charge is 2.13. The van der Waals surface area contributed by atoms with Crippen LogP contribution in [0.5, 0.6) is 5.88 Å². The summed E-state index contributed by atoms with van der Waals surface area (Å²) in [4.78, 5) is 19.1. The van der Waals surface area contributed by atoms with Gasteiger partial charge in [-0.15, -0.1) is 0 Å². The second-order valence-corrected chi connectivity index (χ2v) is 4.94. The van der Waals surface area contributed by atoms with Crippen LogP contribution in [0.25, 0.3) is 10.9 Å². The zero-order chi connectivity index (χ0) is 15.1. The minimum absolute atomic E-state index is 0.227. The molecule has 2 rings (SSSR count). The van der Waals surface area contributed by atoms with Crippen molar-refractivity contribution in [1.29, 1.82) is 0 Å². The normalized spacial score (nSPS) is 10.7. The van der Waals surface area contributed by atoms with Gasteiger partial charge in [0.2, 0.25) is 11.7 Å². The van der Waals surface area contributed by atoms with Gasteiger partial charge in [0, 0.05) is 0 Å². The number of aromatic carboxylic acids is 1. The van der Waals surface area contributed by atoms with Crippen molar-refractivity contribution in [2.24, 2.45) is 0 Å². The minimum atomic E-state index is -1.14. The fourth-order valence-electron chi connectivity index (χ4n) is 2.13. The Morgan fingerprint density at radius 1 is 1.14 bits per heavy atom. The summed E-state index contributed by atoms with van der Waals surface area (Å²) >= 11 is 0. The highest BCUT2D eigenvalue weighted by atomic mass is 16.5. The molecule has 0 bridgehead atoms. The van der Waals surface area contributed by atoms with Gasteiger partial charge in [-0.1, -0.05) is 44.7 Å². The first-order chi connectivity index (χ1) is 10.2. The summed E-state index contributed by atoms with van der Waals surface area (Å²) in [5, 5.41) is 9.80. The Kier molecular flexibility index (Phi) is 5.49. The maximum absolute atomic E-state index is 11.1. The van der Waals surface area contributed by atoms with E-state index in [4.69, 9.17) is 9.84 Å². The van der Waals surface area contributed by atoms with E-state index in [0.717, 1.165) is 18.2 Å². The smallest absolute Gasteiger partial charge is 0.374 e. The Morgan fingerprint density at radius 2 is 1.90 bits per heavy atom. The average molecular weight is 288 g/mol. The van der Waals surface area contributed by atoms with E-state index in [9.17, 15) is 4.79 Å². The molecule has 0 amide bonds. The highest BCUT2D eigenvalue weighted by Crippen LogP contribution is 2.22. The monoisotopic (exact) mass is 288 g/mol. The Labute approximate surface area is 124 Å². The number of unbranched alkanes of at least 4 members (excludes halogenated alkanes) is 4. The number of para-hydroxylation sites is 1. The van der Waals surface area contributed by atoms with E-state index in [1.165, 1.54) is 19.3 Å². The van der Waals surface area contributed by atoms with Crippen LogP contribution in [-0.2, 0) is 0 Å². The number of ether oxygens (including phenoxy) is 1. The van der Waals surface area contributed by atoms with Gasteiger partial charge in [0.1, 0.15) is 0 Å². The third-order valence-electron chi connectivity index (χ3n) is 3.25. The van der Waals surface area contributed by atoms with Crippen molar-refractivity contribution in [2.75, 3.05) is 6.61 Å². The number of hydrogen-bond donors (Lipinski definition) is 1. The molecule has 0 fully saturated rings. The van der Waals surface area contributed by atoms with Crippen molar-refractivity contribution < 1.29 is 14.6 Å². The second-order valence-electron chi connectivity index (χ2n) is 4.94. The molecule has 0 unspecified atom stereocenters. The molecule has 0 atom stereocenters. The van der Waals surface area contributed by atoms with Gasteiger partial charge in [0.25, 0.3) is 0 Å². The van der Waals surface area contributed by atoms with Crippen LogP contribution in [0, 0.1) is 0 Å². The van der Waals surface area contributed by atoms with Crippen LogP contribution in [0.1, 0.15) is 49.6 Å². The fourth-order valence-corrected chi connectivity index (χ4v) is 2.13. The molecule has 1 aromatic carbocycles. The van der Waals surface area contributed by atoms with Gasteiger partial charge in [0.15, 0.2) is 0 Å². The Hall–Kier alpha value is -2.17. The second kappa shape index (κ2) is 7.57. The van der Waals surface area contributed by atoms with Crippen LogP contribution in [-0.4, -0.2) is 27.7 Å². The van der Waals surface area contributed by atoms with Gasteiger partial charge in [-0.05, 0) is 18.6 Å². The number of hydrogen-bond acceptors (Lipinski definition) is 4. The first-order valence-electron chi connectivity index (χ1n) is 7.35. The molecule has 0 aliphatic heterocycles. The zero-order valence-electron chi connectivity index (χ0n) is 12.2. The lowest BCUT2D eigenvalue weighted by Crippen LogP contribution is -2.08. The maximum Gasteiger partial charge on any atom is 0.374 e. The van der Waals surface area contributed by atoms with E-state index in [1.807, 2.05) is 18.2 Å². The predicted molar refractivity (Wildman–Crippen MR) is 80.8 cm³/mol. The van der Waals surface area contributed by atoms with Crippen LogP contribution >= 0.6 is 0 Å². The van der Waals surface area contributed by atoms with E-state index < -0.39 is 5.97 Å². The summed E-state index contributed by atoms with van der Waals surface area (Å²) in [6.45, 7) is 2.72. The molecule has 5 heteroatoms. The first kappa shape index (κ1) is 15.2. The predicted octanol–water partition coefficient (Wildman–Crippen LogP) is 3.68. The number of carbonyl (C=O) groups is 1. The third kappa shape index (κ3) is 4.15. The maximum atomic E-state index is 11.1. The lowest BCUT2D eigenvalue weighted by atomic mass is 10.2. The molecule has 5 nitrogen and oxygen atoms in total. The number of rotatable bonds is 8. The number of nitrogens with zero attached hydrogens (tertiary/aromatic N) is 2. The molecule has 112 valence electrons. The summed E-state index contributed by atoms with van der Waals surface area (Å²) in [5.41, 5.74) is 0.589. The lowest BCUT2D eigenvalue weighted by molar-refractivity contribution is 0.0682. The molecule has 2 aromatic rings. The molecular weight excluding hydrogens is 268 g/mol. The summed E-state index contributed by atoms with van der Waals surface area (Å²) in [7, 11) is 0. The largest absolute Gasteiger partial charge is 0.477 e. The van der Waals surface area contributed by atoms with Crippen LogP contribution in [0.15, 0.2) is 24.3 Å². The van der Waals surface area contributed by atoms with E-state index >= 15 is 0 Å². The van der Waals surface area contributed by atoms with Crippen molar-refractivity contribution in [2.45, 2.75) is 39.0 Å². The van der Waals surface area contributed by atoms with Crippen LogP contribution in [0.3, 0.4) is 0 Å². The number of carboxylic acid groups (broad SMARTS) is 1. The van der Waals surface area contributed by atoms with Crippen LogP contribution in [0.2, 0.25) is 0 Å². The molecular formula is C16H20N2O3. The van der Waals surface area contributed by atoms with Crippen LogP contribution in [0.4, 0.5) is 0 Å². The van der Waals surface area contributed by atoms with Crippen molar-refractivity contribution >= 4 is 16.9 Å². The average Bonchev–Trinajstić information content (AvgIpc) is 2.50. The Morgan fingerprint density at radius 3 is 2.67 bits per heavy atom. The number of benzene rings is 1. The third-order valence-corrected chi connectivity index (χ3v) is 3.25. The first-order valence-corrected chi connectivity index (χ1v) is 7.35. The van der Waals surface area contributed by atoms with Gasteiger partial charge in [-0.3, -0.25) is 0 Å². The van der Waals surface area contributed by atoms with Gasteiger partial charge >= 0.3 is 5.97 Å². The number of fused-ring (bicyclic) bond motifs is 1. The highest BCUT2D eigenvalue weighted by molar-refractivity contribution is 5.89. The summed E-state index contributed by atoms with van der Waals surface area (Å²) in [6.07, 6.45) is 5.70. The van der Waals surface area contributed by atoms with Crippen molar-refractivity contribution in [3.05, 3.63) is 30.1 Å². The SMILES string of the molecule is CCCCCCCOc1nc(C(=O)O)nc2ccccc12. The van der Waals surface area contributed by atoms with E-state index in [0.29, 0.717) is 18.0 Å². The van der Waals surface area contributed by atoms with Crippen molar-refractivity contribution in [3.63, 3.8) is 0 Å². The number of aromatic nitrogens is 2. The molecule has 0 saturated carbocycles. The summed E-state index contributed by atoms with van der Waals surface area (Å²) in [6, 6.07) is 7.28. The van der Waals surface area contributed by atoms with E-state index in [2.05, 4.69) is 16.9 Å². The van der Waals surface area contributed by atoms with E-state index in [-0.39, 0.29) is 5.82 Å². The number of carboxylic acids is 1. The molecule has 0 saturated heterocycles.